The highest BCUT2D eigenvalue weighted by molar-refractivity contribution is 5.88. The van der Waals surface area contributed by atoms with Crippen LogP contribution in [0.15, 0.2) is 4.99 Å². The molecule has 0 bridgehead atoms. The van der Waals surface area contributed by atoms with Gasteiger partial charge in [0.25, 0.3) is 0 Å². The zero-order valence-corrected chi connectivity index (χ0v) is 13.5. The fraction of sp³-hybridized carbons (Fsp3) is 0.867. The van der Waals surface area contributed by atoms with Gasteiger partial charge in [-0.15, -0.1) is 0 Å². The van der Waals surface area contributed by atoms with E-state index >= 15 is 0 Å². The highest BCUT2D eigenvalue weighted by Crippen LogP contribution is 2.08. The van der Waals surface area contributed by atoms with Gasteiger partial charge < -0.3 is 21.3 Å². The maximum Gasteiger partial charge on any atom is 0.113 e. The standard InChI is InChI=1S/C15H30N6/c1-10(20-14(16)12-6-4-8-18-12)11(2)21-15(17-3)13-7-5-9-19-13/h10-13,18-19H,4-9H2,1-3H3,(H2,16,20)(H,17,21). The van der Waals surface area contributed by atoms with Crippen molar-refractivity contribution in [1.29, 1.82) is 5.41 Å². The summed E-state index contributed by atoms with van der Waals surface area (Å²) in [5, 5.41) is 21.8. The van der Waals surface area contributed by atoms with Gasteiger partial charge in [-0.3, -0.25) is 10.4 Å². The van der Waals surface area contributed by atoms with Gasteiger partial charge in [-0.05, 0) is 52.6 Å². The minimum absolute atomic E-state index is 0.193. The second kappa shape index (κ2) is 7.75. The number of nitrogens with zero attached hydrogens (tertiary/aromatic N) is 1. The number of hydrogen-bond donors (Lipinski definition) is 5. The summed E-state index contributed by atoms with van der Waals surface area (Å²) in [6.07, 6.45) is 4.59. The van der Waals surface area contributed by atoms with Crippen molar-refractivity contribution in [1.82, 2.24) is 21.3 Å². The predicted octanol–water partition coefficient (Wildman–Crippen LogP) is 0.452. The van der Waals surface area contributed by atoms with Gasteiger partial charge in [0.1, 0.15) is 11.7 Å². The van der Waals surface area contributed by atoms with Crippen LogP contribution in [-0.2, 0) is 0 Å². The zero-order valence-electron chi connectivity index (χ0n) is 13.5. The number of amidine groups is 2. The van der Waals surface area contributed by atoms with Crippen molar-refractivity contribution in [3.8, 4) is 0 Å². The van der Waals surface area contributed by atoms with Crippen molar-refractivity contribution < 1.29 is 0 Å². The minimum atomic E-state index is 0.193. The van der Waals surface area contributed by atoms with E-state index < -0.39 is 0 Å². The van der Waals surface area contributed by atoms with E-state index in [4.69, 9.17) is 5.41 Å². The summed E-state index contributed by atoms with van der Waals surface area (Å²) >= 11 is 0. The third-order valence-corrected chi connectivity index (χ3v) is 4.55. The molecule has 4 unspecified atom stereocenters. The fourth-order valence-electron chi connectivity index (χ4n) is 3.00. The van der Waals surface area contributed by atoms with Crippen LogP contribution in [0.25, 0.3) is 0 Å². The molecule has 120 valence electrons. The Morgan fingerprint density at radius 1 is 1.05 bits per heavy atom. The monoisotopic (exact) mass is 294 g/mol. The second-order valence-corrected chi connectivity index (χ2v) is 6.19. The molecule has 6 heteroatoms. The Kier molecular flexibility index (Phi) is 5.99. The molecule has 2 fully saturated rings. The molecular weight excluding hydrogens is 264 g/mol. The molecule has 0 saturated carbocycles. The zero-order chi connectivity index (χ0) is 15.2. The van der Waals surface area contributed by atoms with Gasteiger partial charge >= 0.3 is 0 Å². The highest BCUT2D eigenvalue weighted by Gasteiger charge is 2.25. The molecule has 0 aromatic carbocycles. The first-order valence-corrected chi connectivity index (χ1v) is 8.16. The predicted molar refractivity (Wildman–Crippen MR) is 88.3 cm³/mol. The molecule has 6 nitrogen and oxygen atoms in total. The van der Waals surface area contributed by atoms with Gasteiger partial charge in [0, 0.05) is 19.1 Å². The Labute approximate surface area is 128 Å². The van der Waals surface area contributed by atoms with Crippen molar-refractivity contribution >= 4 is 11.7 Å². The van der Waals surface area contributed by atoms with Gasteiger partial charge in [-0.25, -0.2) is 0 Å². The van der Waals surface area contributed by atoms with Crippen molar-refractivity contribution in [2.24, 2.45) is 4.99 Å². The molecule has 5 N–H and O–H groups in total. The Morgan fingerprint density at radius 2 is 1.62 bits per heavy atom. The maximum atomic E-state index is 8.16. The van der Waals surface area contributed by atoms with Crippen LogP contribution in [0.1, 0.15) is 39.5 Å². The molecule has 2 rings (SSSR count). The van der Waals surface area contributed by atoms with Crippen molar-refractivity contribution in [2.75, 3.05) is 20.1 Å². The van der Waals surface area contributed by atoms with E-state index in [2.05, 4.69) is 40.1 Å². The summed E-state index contributed by atoms with van der Waals surface area (Å²) in [7, 11) is 1.84. The first-order chi connectivity index (χ1) is 10.1. The van der Waals surface area contributed by atoms with Gasteiger partial charge in [0.05, 0.1) is 12.1 Å². The lowest BCUT2D eigenvalue weighted by atomic mass is 10.1. The van der Waals surface area contributed by atoms with Crippen LogP contribution in [0, 0.1) is 5.41 Å². The number of hydrogen-bond acceptors (Lipinski definition) is 4. The van der Waals surface area contributed by atoms with E-state index in [-0.39, 0.29) is 18.1 Å². The summed E-state index contributed by atoms with van der Waals surface area (Å²) < 4.78 is 0. The van der Waals surface area contributed by atoms with Crippen LogP contribution in [0.2, 0.25) is 0 Å². The number of rotatable bonds is 5. The van der Waals surface area contributed by atoms with Gasteiger partial charge in [0.2, 0.25) is 0 Å². The minimum Gasteiger partial charge on any atom is -0.368 e. The van der Waals surface area contributed by atoms with Gasteiger partial charge in [-0.1, -0.05) is 0 Å². The van der Waals surface area contributed by atoms with E-state index in [0.29, 0.717) is 11.9 Å². The lowest BCUT2D eigenvalue weighted by Gasteiger charge is -2.28. The Balaban J connectivity index is 1.80. The topological polar surface area (TPSA) is 84.3 Å². The Hall–Kier alpha value is -1.14. The van der Waals surface area contributed by atoms with Crippen LogP contribution >= 0.6 is 0 Å². The summed E-state index contributed by atoms with van der Waals surface area (Å²) in [6.45, 7) is 6.37. The first-order valence-electron chi connectivity index (χ1n) is 8.16. The van der Waals surface area contributed by atoms with Gasteiger partial charge in [0.15, 0.2) is 0 Å². The van der Waals surface area contributed by atoms with Gasteiger partial charge in [-0.2, -0.15) is 0 Å². The second-order valence-electron chi connectivity index (χ2n) is 6.19. The molecule has 4 atom stereocenters. The third-order valence-electron chi connectivity index (χ3n) is 4.55. The largest absolute Gasteiger partial charge is 0.368 e. The Bertz CT molecular complexity index is 368. The van der Waals surface area contributed by atoms with Crippen LogP contribution in [-0.4, -0.2) is 56.0 Å². The summed E-state index contributed by atoms with van der Waals surface area (Å²) in [5.41, 5.74) is 0. The molecule has 0 amide bonds. The molecule has 2 saturated heterocycles. The molecule has 2 heterocycles. The molecule has 0 aliphatic carbocycles. The first kappa shape index (κ1) is 16.2. The molecule has 2 aliphatic heterocycles. The molecule has 0 aromatic heterocycles. The van der Waals surface area contributed by atoms with E-state index in [9.17, 15) is 0 Å². The normalized spacial score (nSPS) is 29.2. The smallest absolute Gasteiger partial charge is 0.113 e. The lowest BCUT2D eigenvalue weighted by Crippen LogP contribution is -2.54. The number of nitrogens with one attached hydrogen (secondary N) is 5. The molecular formula is C15H30N6. The van der Waals surface area contributed by atoms with Crippen LogP contribution in [0.3, 0.4) is 0 Å². The van der Waals surface area contributed by atoms with Crippen LogP contribution < -0.4 is 21.3 Å². The Morgan fingerprint density at radius 3 is 2.14 bits per heavy atom. The van der Waals surface area contributed by atoms with Crippen LogP contribution in [0.5, 0.6) is 0 Å². The lowest BCUT2D eigenvalue weighted by molar-refractivity contribution is 0.495. The fourth-order valence-corrected chi connectivity index (χ4v) is 3.00. The van der Waals surface area contributed by atoms with Crippen molar-refractivity contribution in [3.63, 3.8) is 0 Å². The quantitative estimate of drug-likeness (QED) is 0.377. The van der Waals surface area contributed by atoms with E-state index in [1.807, 2.05) is 7.05 Å². The molecule has 0 spiro atoms. The van der Waals surface area contributed by atoms with Crippen LogP contribution in [0.4, 0.5) is 0 Å². The maximum absolute atomic E-state index is 8.16. The average molecular weight is 294 g/mol. The molecule has 2 aliphatic rings. The molecule has 0 aromatic rings. The van der Waals surface area contributed by atoms with E-state index in [0.717, 1.165) is 38.2 Å². The van der Waals surface area contributed by atoms with E-state index in [1.165, 1.54) is 6.42 Å². The molecule has 0 radical (unpaired) electrons. The van der Waals surface area contributed by atoms with Crippen molar-refractivity contribution in [2.45, 2.75) is 63.7 Å². The molecule has 21 heavy (non-hydrogen) atoms. The SMILES string of the molecule is CN=C(NC(C)C(C)NC(=N)C1CCCN1)C1CCCN1. The summed E-state index contributed by atoms with van der Waals surface area (Å²) in [6, 6.07) is 0.988. The number of aliphatic imine (C=N–C) groups is 1. The summed E-state index contributed by atoms with van der Waals surface area (Å²) in [4.78, 5) is 4.40. The third kappa shape index (κ3) is 4.41. The van der Waals surface area contributed by atoms with E-state index in [1.54, 1.807) is 0 Å². The summed E-state index contributed by atoms with van der Waals surface area (Å²) in [5.74, 6) is 1.65. The van der Waals surface area contributed by atoms with Crippen molar-refractivity contribution in [3.05, 3.63) is 0 Å². The highest BCUT2D eigenvalue weighted by atomic mass is 15.1. The average Bonchev–Trinajstić information content (AvgIpc) is 3.16.